The molecule has 1 fully saturated rings. The Bertz CT molecular complexity index is 439. The normalized spacial score (nSPS) is 16.7. The van der Waals surface area contributed by atoms with E-state index in [2.05, 4.69) is 12.2 Å². The summed E-state index contributed by atoms with van der Waals surface area (Å²) >= 11 is 0. The summed E-state index contributed by atoms with van der Waals surface area (Å²) in [7, 11) is 0. The summed E-state index contributed by atoms with van der Waals surface area (Å²) in [6.45, 7) is 5.38. The molecule has 1 aromatic carbocycles. The van der Waals surface area contributed by atoms with Crippen molar-refractivity contribution >= 4 is 11.7 Å². The molecule has 4 heteroatoms. The first-order valence-electron chi connectivity index (χ1n) is 6.39. The minimum absolute atomic E-state index is 0.202. The van der Waals surface area contributed by atoms with Crippen LogP contribution in [0.1, 0.15) is 25.3 Å². The topological polar surface area (TPSA) is 32.3 Å². The van der Waals surface area contributed by atoms with E-state index in [1.54, 1.807) is 30.0 Å². The molecule has 0 spiro atoms. The summed E-state index contributed by atoms with van der Waals surface area (Å²) in [5.74, 6) is 0.320. The third kappa shape index (κ3) is 2.81. The van der Waals surface area contributed by atoms with Gasteiger partial charge in [-0.2, -0.15) is 0 Å². The van der Waals surface area contributed by atoms with E-state index in [9.17, 15) is 9.18 Å². The fourth-order valence-electron chi connectivity index (χ4n) is 2.15. The molecule has 0 saturated carbocycles. The number of aryl methyl sites for hydroxylation is 1. The van der Waals surface area contributed by atoms with Gasteiger partial charge < -0.3 is 10.2 Å². The summed E-state index contributed by atoms with van der Waals surface area (Å²) in [6, 6.07) is 4.82. The number of urea groups is 1. The SMILES string of the molecule is Cc1cccc(NC(=O)N2CCC(C)CC2)c1F. The van der Waals surface area contributed by atoms with E-state index in [0.717, 1.165) is 25.9 Å². The van der Waals surface area contributed by atoms with Crippen molar-refractivity contribution in [1.29, 1.82) is 0 Å². The molecule has 1 aromatic rings. The van der Waals surface area contributed by atoms with Crippen LogP contribution in [0.15, 0.2) is 18.2 Å². The third-order valence-electron chi connectivity index (χ3n) is 3.50. The number of hydrogen-bond acceptors (Lipinski definition) is 1. The maximum Gasteiger partial charge on any atom is 0.321 e. The Balaban J connectivity index is 2.01. The van der Waals surface area contributed by atoms with Gasteiger partial charge in [0.05, 0.1) is 5.69 Å². The van der Waals surface area contributed by atoms with Crippen LogP contribution in [0.3, 0.4) is 0 Å². The molecule has 1 heterocycles. The Morgan fingerprint density at radius 1 is 1.39 bits per heavy atom. The standard InChI is InChI=1S/C14H19FN2O/c1-10-6-8-17(9-7-10)14(18)16-12-5-3-4-11(2)13(12)15/h3-5,10H,6-9H2,1-2H3,(H,16,18). The maximum atomic E-state index is 13.8. The van der Waals surface area contributed by atoms with Crippen LogP contribution < -0.4 is 5.32 Å². The fourth-order valence-corrected chi connectivity index (χ4v) is 2.15. The number of carbonyl (C=O) groups excluding carboxylic acids is 1. The minimum atomic E-state index is -0.351. The van der Waals surface area contributed by atoms with Crippen molar-refractivity contribution in [3.05, 3.63) is 29.6 Å². The minimum Gasteiger partial charge on any atom is -0.325 e. The number of benzene rings is 1. The first-order valence-corrected chi connectivity index (χ1v) is 6.39. The van der Waals surface area contributed by atoms with E-state index in [1.165, 1.54) is 0 Å². The predicted molar refractivity (Wildman–Crippen MR) is 70.1 cm³/mol. The molecule has 0 aromatic heterocycles. The van der Waals surface area contributed by atoms with Gasteiger partial charge in [0.1, 0.15) is 5.82 Å². The summed E-state index contributed by atoms with van der Waals surface area (Å²) in [5.41, 5.74) is 0.804. The Labute approximate surface area is 107 Å². The highest BCUT2D eigenvalue weighted by atomic mass is 19.1. The molecule has 2 rings (SSSR count). The van der Waals surface area contributed by atoms with Crippen LogP contribution >= 0.6 is 0 Å². The number of rotatable bonds is 1. The summed E-state index contributed by atoms with van der Waals surface area (Å²) in [6.07, 6.45) is 2.04. The molecular weight excluding hydrogens is 231 g/mol. The average molecular weight is 250 g/mol. The second-order valence-corrected chi connectivity index (χ2v) is 5.04. The Morgan fingerprint density at radius 2 is 2.06 bits per heavy atom. The van der Waals surface area contributed by atoms with Gasteiger partial charge in [0.25, 0.3) is 0 Å². The van der Waals surface area contributed by atoms with Crippen molar-refractivity contribution in [3.63, 3.8) is 0 Å². The zero-order valence-corrected chi connectivity index (χ0v) is 10.9. The van der Waals surface area contributed by atoms with E-state index in [0.29, 0.717) is 11.5 Å². The van der Waals surface area contributed by atoms with Crippen molar-refractivity contribution < 1.29 is 9.18 Å². The molecule has 1 N–H and O–H groups in total. The molecule has 0 atom stereocenters. The fraction of sp³-hybridized carbons (Fsp3) is 0.500. The largest absolute Gasteiger partial charge is 0.325 e. The molecule has 98 valence electrons. The van der Waals surface area contributed by atoms with Crippen molar-refractivity contribution in [3.8, 4) is 0 Å². The van der Waals surface area contributed by atoms with Crippen LogP contribution in [0.5, 0.6) is 0 Å². The number of piperidine rings is 1. The number of hydrogen-bond donors (Lipinski definition) is 1. The molecule has 0 bridgehead atoms. The number of anilines is 1. The zero-order valence-electron chi connectivity index (χ0n) is 10.9. The molecule has 1 aliphatic heterocycles. The smallest absolute Gasteiger partial charge is 0.321 e. The maximum absolute atomic E-state index is 13.8. The third-order valence-corrected chi connectivity index (χ3v) is 3.50. The molecular formula is C14H19FN2O. The molecule has 0 unspecified atom stereocenters. The van der Waals surface area contributed by atoms with E-state index < -0.39 is 0 Å². The number of carbonyl (C=O) groups is 1. The van der Waals surface area contributed by atoms with Crippen molar-refractivity contribution in [1.82, 2.24) is 4.90 Å². The first-order chi connectivity index (χ1) is 8.58. The molecule has 1 saturated heterocycles. The van der Waals surface area contributed by atoms with Gasteiger partial charge >= 0.3 is 6.03 Å². The lowest BCUT2D eigenvalue weighted by molar-refractivity contribution is 0.186. The Kier molecular flexibility index (Phi) is 3.84. The van der Waals surface area contributed by atoms with Gasteiger partial charge in [-0.25, -0.2) is 9.18 Å². The van der Waals surface area contributed by atoms with Crippen LogP contribution in [0.25, 0.3) is 0 Å². The lowest BCUT2D eigenvalue weighted by Gasteiger charge is -2.30. The Morgan fingerprint density at radius 3 is 2.72 bits per heavy atom. The van der Waals surface area contributed by atoms with Crippen LogP contribution in [-0.4, -0.2) is 24.0 Å². The molecule has 3 nitrogen and oxygen atoms in total. The van der Waals surface area contributed by atoms with Crippen molar-refractivity contribution in [2.24, 2.45) is 5.92 Å². The molecule has 2 amide bonds. The predicted octanol–water partition coefficient (Wildman–Crippen LogP) is 3.40. The van der Waals surface area contributed by atoms with Crippen LogP contribution in [-0.2, 0) is 0 Å². The van der Waals surface area contributed by atoms with Gasteiger partial charge in [-0.3, -0.25) is 0 Å². The number of nitrogens with one attached hydrogen (secondary N) is 1. The van der Waals surface area contributed by atoms with Crippen LogP contribution in [0.4, 0.5) is 14.9 Å². The lowest BCUT2D eigenvalue weighted by Crippen LogP contribution is -2.40. The van der Waals surface area contributed by atoms with Crippen LogP contribution in [0, 0.1) is 18.7 Å². The second kappa shape index (κ2) is 5.38. The van der Waals surface area contributed by atoms with E-state index in [4.69, 9.17) is 0 Å². The van der Waals surface area contributed by atoms with Crippen molar-refractivity contribution in [2.75, 3.05) is 18.4 Å². The molecule has 0 aliphatic carbocycles. The highest BCUT2D eigenvalue weighted by molar-refractivity contribution is 5.89. The lowest BCUT2D eigenvalue weighted by atomic mass is 10.00. The number of halogens is 1. The zero-order chi connectivity index (χ0) is 13.1. The van der Waals surface area contributed by atoms with Gasteiger partial charge in [-0.15, -0.1) is 0 Å². The van der Waals surface area contributed by atoms with E-state index in [1.807, 2.05) is 0 Å². The second-order valence-electron chi connectivity index (χ2n) is 5.04. The molecule has 18 heavy (non-hydrogen) atoms. The van der Waals surface area contributed by atoms with Gasteiger partial charge in [-0.05, 0) is 37.3 Å². The van der Waals surface area contributed by atoms with Gasteiger partial charge in [-0.1, -0.05) is 19.1 Å². The summed E-state index contributed by atoms with van der Waals surface area (Å²) in [4.78, 5) is 13.7. The van der Waals surface area contributed by atoms with Crippen LogP contribution in [0.2, 0.25) is 0 Å². The monoisotopic (exact) mass is 250 g/mol. The summed E-state index contributed by atoms with van der Waals surface area (Å²) < 4.78 is 13.8. The highest BCUT2D eigenvalue weighted by Crippen LogP contribution is 2.20. The average Bonchev–Trinajstić information content (AvgIpc) is 2.36. The van der Waals surface area contributed by atoms with Gasteiger partial charge in [0, 0.05) is 13.1 Å². The van der Waals surface area contributed by atoms with E-state index in [-0.39, 0.29) is 17.5 Å². The number of nitrogens with zero attached hydrogens (tertiary/aromatic N) is 1. The summed E-state index contributed by atoms with van der Waals surface area (Å²) in [5, 5.41) is 2.65. The van der Waals surface area contributed by atoms with E-state index >= 15 is 0 Å². The van der Waals surface area contributed by atoms with Gasteiger partial charge in [0.15, 0.2) is 0 Å². The first kappa shape index (κ1) is 12.9. The van der Waals surface area contributed by atoms with Crippen molar-refractivity contribution in [2.45, 2.75) is 26.7 Å². The highest BCUT2D eigenvalue weighted by Gasteiger charge is 2.21. The molecule has 0 radical (unpaired) electrons. The number of likely N-dealkylation sites (tertiary alicyclic amines) is 1. The Hall–Kier alpha value is -1.58. The number of amides is 2. The van der Waals surface area contributed by atoms with Gasteiger partial charge in [0.2, 0.25) is 0 Å². The molecule has 1 aliphatic rings. The quantitative estimate of drug-likeness (QED) is 0.814.